The monoisotopic (exact) mass is 299 g/mol. The van der Waals surface area contributed by atoms with Crippen LogP contribution in [0, 0.1) is 0 Å². The fourth-order valence-corrected chi connectivity index (χ4v) is 3.58. The summed E-state index contributed by atoms with van der Waals surface area (Å²) in [7, 11) is 0. The van der Waals surface area contributed by atoms with Crippen molar-refractivity contribution in [2.45, 2.75) is 31.2 Å². The average Bonchev–Trinajstić information content (AvgIpc) is 2.86. The molecule has 1 aliphatic heterocycles. The number of amides is 1. The van der Waals surface area contributed by atoms with E-state index in [-0.39, 0.29) is 17.4 Å². The number of nitrogens with one attached hydrogen (secondary N) is 1. The maximum atomic E-state index is 12.1. The summed E-state index contributed by atoms with van der Waals surface area (Å²) < 4.78 is 0. The number of rotatable bonds is 3. The van der Waals surface area contributed by atoms with Crippen molar-refractivity contribution in [3.8, 4) is 0 Å². The Morgan fingerprint density at radius 1 is 1.19 bits per heavy atom. The van der Waals surface area contributed by atoms with Crippen LogP contribution in [0.25, 0.3) is 0 Å². The molecule has 2 aromatic rings. The zero-order valence-electron chi connectivity index (χ0n) is 12.0. The van der Waals surface area contributed by atoms with Gasteiger partial charge < -0.3 is 5.32 Å². The van der Waals surface area contributed by atoms with Crippen LogP contribution in [-0.4, -0.2) is 5.91 Å². The van der Waals surface area contributed by atoms with Crippen LogP contribution < -0.4 is 5.32 Å². The molecule has 2 nitrogen and oxygen atoms in total. The molecule has 3 heteroatoms. The standard InChI is InChI=1S/C18H18ClNO/c1-2-18(14-9-6-10-15(19)11-14)12-16(21)20-17(18)13-7-4-3-5-8-13/h3-11,17H,2,12H2,1H3,(H,20,21). The third kappa shape index (κ3) is 2.44. The lowest BCUT2D eigenvalue weighted by Gasteiger charge is -2.34. The van der Waals surface area contributed by atoms with Gasteiger partial charge in [-0.05, 0) is 29.7 Å². The Morgan fingerprint density at radius 2 is 1.95 bits per heavy atom. The molecule has 21 heavy (non-hydrogen) atoms. The Hall–Kier alpha value is -1.80. The number of hydrogen-bond donors (Lipinski definition) is 1. The summed E-state index contributed by atoms with van der Waals surface area (Å²) in [5, 5.41) is 3.86. The molecule has 1 fully saturated rings. The van der Waals surface area contributed by atoms with E-state index in [1.54, 1.807) is 0 Å². The number of carbonyl (C=O) groups excluding carboxylic acids is 1. The van der Waals surface area contributed by atoms with Crippen molar-refractivity contribution in [3.63, 3.8) is 0 Å². The first-order chi connectivity index (χ1) is 10.2. The molecule has 1 amide bonds. The molecule has 2 atom stereocenters. The maximum Gasteiger partial charge on any atom is 0.221 e. The minimum Gasteiger partial charge on any atom is -0.348 e. The first kappa shape index (κ1) is 14.2. The van der Waals surface area contributed by atoms with Gasteiger partial charge in [0.1, 0.15) is 0 Å². The van der Waals surface area contributed by atoms with E-state index in [1.807, 2.05) is 36.4 Å². The second-order valence-corrected chi connectivity index (χ2v) is 6.04. The summed E-state index contributed by atoms with van der Waals surface area (Å²) in [6.07, 6.45) is 1.38. The predicted octanol–water partition coefficient (Wildman–Crippen LogP) is 4.25. The largest absolute Gasteiger partial charge is 0.348 e. The molecule has 0 saturated carbocycles. The molecule has 1 heterocycles. The lowest BCUT2D eigenvalue weighted by molar-refractivity contribution is -0.119. The molecule has 1 saturated heterocycles. The van der Waals surface area contributed by atoms with Crippen molar-refractivity contribution in [3.05, 3.63) is 70.7 Å². The highest BCUT2D eigenvalue weighted by Crippen LogP contribution is 2.47. The molecule has 0 aliphatic carbocycles. The van der Waals surface area contributed by atoms with E-state index in [0.717, 1.165) is 17.5 Å². The molecule has 1 N–H and O–H groups in total. The van der Waals surface area contributed by atoms with Crippen molar-refractivity contribution in [1.29, 1.82) is 0 Å². The average molecular weight is 300 g/mol. The Labute approximate surface area is 130 Å². The Balaban J connectivity index is 2.12. The molecular formula is C18H18ClNO. The van der Waals surface area contributed by atoms with Crippen LogP contribution in [0.1, 0.15) is 36.9 Å². The van der Waals surface area contributed by atoms with Gasteiger partial charge in [0.25, 0.3) is 0 Å². The molecule has 0 spiro atoms. The third-order valence-electron chi connectivity index (χ3n) is 4.50. The third-order valence-corrected chi connectivity index (χ3v) is 4.73. The summed E-state index contributed by atoms with van der Waals surface area (Å²) >= 11 is 6.17. The van der Waals surface area contributed by atoms with Gasteiger partial charge in [-0.2, -0.15) is 0 Å². The van der Waals surface area contributed by atoms with Gasteiger partial charge in [0.2, 0.25) is 5.91 Å². The lowest BCUT2D eigenvalue weighted by atomic mass is 9.70. The Morgan fingerprint density at radius 3 is 2.62 bits per heavy atom. The first-order valence-corrected chi connectivity index (χ1v) is 7.64. The van der Waals surface area contributed by atoms with Crippen LogP contribution in [0.5, 0.6) is 0 Å². The van der Waals surface area contributed by atoms with Gasteiger partial charge in [0.15, 0.2) is 0 Å². The van der Waals surface area contributed by atoms with Crippen LogP contribution in [-0.2, 0) is 10.2 Å². The molecule has 0 radical (unpaired) electrons. The number of halogens is 1. The lowest BCUT2D eigenvalue weighted by Crippen LogP contribution is -2.32. The molecule has 0 bridgehead atoms. The summed E-state index contributed by atoms with van der Waals surface area (Å²) in [6, 6.07) is 18.1. The van der Waals surface area contributed by atoms with E-state index in [0.29, 0.717) is 11.4 Å². The minimum atomic E-state index is -0.233. The zero-order chi connectivity index (χ0) is 14.9. The Bertz CT molecular complexity index is 655. The maximum absolute atomic E-state index is 12.1. The predicted molar refractivity (Wildman–Crippen MR) is 85.4 cm³/mol. The van der Waals surface area contributed by atoms with Crippen molar-refractivity contribution < 1.29 is 4.79 Å². The smallest absolute Gasteiger partial charge is 0.221 e. The van der Waals surface area contributed by atoms with Crippen LogP contribution in [0.4, 0.5) is 0 Å². The highest BCUT2D eigenvalue weighted by Gasteiger charge is 2.47. The molecule has 0 aromatic heterocycles. The highest BCUT2D eigenvalue weighted by atomic mass is 35.5. The zero-order valence-corrected chi connectivity index (χ0v) is 12.7. The fraction of sp³-hybridized carbons (Fsp3) is 0.278. The van der Waals surface area contributed by atoms with Crippen molar-refractivity contribution in [2.24, 2.45) is 0 Å². The van der Waals surface area contributed by atoms with Crippen LogP contribution in [0.3, 0.4) is 0 Å². The summed E-state index contributed by atoms with van der Waals surface area (Å²) in [4.78, 5) is 12.1. The van der Waals surface area contributed by atoms with E-state index in [4.69, 9.17) is 11.6 Å². The topological polar surface area (TPSA) is 29.1 Å². The van der Waals surface area contributed by atoms with Crippen molar-refractivity contribution >= 4 is 17.5 Å². The van der Waals surface area contributed by atoms with Gasteiger partial charge >= 0.3 is 0 Å². The van der Waals surface area contributed by atoms with E-state index >= 15 is 0 Å². The van der Waals surface area contributed by atoms with E-state index in [1.165, 1.54) is 0 Å². The van der Waals surface area contributed by atoms with E-state index < -0.39 is 0 Å². The molecule has 3 rings (SSSR count). The van der Waals surface area contributed by atoms with E-state index in [2.05, 4.69) is 30.4 Å². The van der Waals surface area contributed by atoms with Gasteiger partial charge in [-0.1, -0.05) is 61.0 Å². The van der Waals surface area contributed by atoms with Gasteiger partial charge in [-0.25, -0.2) is 0 Å². The minimum absolute atomic E-state index is 0.00494. The molecule has 1 aliphatic rings. The normalized spacial score (nSPS) is 24.9. The quantitative estimate of drug-likeness (QED) is 0.902. The molecule has 2 unspecified atom stereocenters. The van der Waals surface area contributed by atoms with Crippen LogP contribution in [0.2, 0.25) is 5.02 Å². The van der Waals surface area contributed by atoms with Gasteiger partial charge in [0, 0.05) is 16.9 Å². The summed E-state index contributed by atoms with van der Waals surface area (Å²) in [5.74, 6) is 0.102. The summed E-state index contributed by atoms with van der Waals surface area (Å²) in [6.45, 7) is 2.14. The fourth-order valence-electron chi connectivity index (χ4n) is 3.39. The first-order valence-electron chi connectivity index (χ1n) is 7.26. The SMILES string of the molecule is CCC1(c2cccc(Cl)c2)CC(=O)NC1c1ccccc1. The summed E-state index contributed by atoms with van der Waals surface area (Å²) in [5.41, 5.74) is 2.04. The van der Waals surface area contributed by atoms with Gasteiger partial charge in [-0.15, -0.1) is 0 Å². The molecule has 108 valence electrons. The highest BCUT2D eigenvalue weighted by molar-refractivity contribution is 6.30. The molecule has 2 aromatic carbocycles. The van der Waals surface area contributed by atoms with Crippen LogP contribution >= 0.6 is 11.6 Å². The molecular weight excluding hydrogens is 282 g/mol. The number of hydrogen-bond acceptors (Lipinski definition) is 1. The van der Waals surface area contributed by atoms with Gasteiger partial charge in [-0.3, -0.25) is 4.79 Å². The van der Waals surface area contributed by atoms with Gasteiger partial charge in [0.05, 0.1) is 6.04 Å². The number of benzene rings is 2. The van der Waals surface area contributed by atoms with Crippen LogP contribution in [0.15, 0.2) is 54.6 Å². The Kier molecular flexibility index (Phi) is 3.73. The second kappa shape index (κ2) is 5.53. The second-order valence-electron chi connectivity index (χ2n) is 5.61. The number of carbonyl (C=O) groups is 1. The van der Waals surface area contributed by atoms with E-state index in [9.17, 15) is 4.79 Å². The van der Waals surface area contributed by atoms with Crippen molar-refractivity contribution in [1.82, 2.24) is 5.32 Å². The van der Waals surface area contributed by atoms with Crippen molar-refractivity contribution in [2.75, 3.05) is 0 Å².